The van der Waals surface area contributed by atoms with Crippen LogP contribution in [0.1, 0.15) is 26.2 Å². The van der Waals surface area contributed by atoms with Crippen molar-refractivity contribution in [2.24, 2.45) is 17.8 Å². The molecule has 0 saturated heterocycles. The number of hydrogen-bond acceptors (Lipinski definition) is 5. The molecule has 0 bridgehead atoms. The van der Waals surface area contributed by atoms with Gasteiger partial charge in [0.2, 0.25) is 0 Å². The first kappa shape index (κ1) is 13.7. The van der Waals surface area contributed by atoms with E-state index in [1.165, 1.54) is 14.2 Å². The van der Waals surface area contributed by atoms with Gasteiger partial charge in [0.1, 0.15) is 5.78 Å². The van der Waals surface area contributed by atoms with Crippen LogP contribution in [-0.2, 0) is 23.9 Å². The van der Waals surface area contributed by atoms with Crippen LogP contribution in [0, 0.1) is 17.8 Å². The molecule has 2 atom stereocenters. The topological polar surface area (TPSA) is 69.7 Å². The average molecular weight is 242 g/mol. The summed E-state index contributed by atoms with van der Waals surface area (Å²) < 4.78 is 9.16. The van der Waals surface area contributed by atoms with E-state index >= 15 is 0 Å². The SMILES string of the molecule is COC(=O)C(C(=O)OC)C1CCCC(C)C1=O. The van der Waals surface area contributed by atoms with Gasteiger partial charge in [-0.15, -0.1) is 0 Å². The number of Topliss-reactive ketones (excluding diaryl/α,β-unsaturated/α-hetero) is 1. The smallest absolute Gasteiger partial charge is 0.320 e. The molecule has 1 saturated carbocycles. The summed E-state index contributed by atoms with van der Waals surface area (Å²) in [5.41, 5.74) is 0. The first-order chi connectivity index (χ1) is 8.02. The van der Waals surface area contributed by atoms with Crippen LogP contribution in [0.4, 0.5) is 0 Å². The minimum Gasteiger partial charge on any atom is -0.468 e. The van der Waals surface area contributed by atoms with Gasteiger partial charge in [0, 0.05) is 11.8 Å². The Labute approximate surface area is 100 Å². The van der Waals surface area contributed by atoms with Crippen molar-refractivity contribution < 1.29 is 23.9 Å². The van der Waals surface area contributed by atoms with Crippen LogP contribution in [0.5, 0.6) is 0 Å². The number of hydrogen-bond donors (Lipinski definition) is 0. The van der Waals surface area contributed by atoms with Crippen molar-refractivity contribution >= 4 is 17.7 Å². The zero-order valence-corrected chi connectivity index (χ0v) is 10.4. The quantitative estimate of drug-likeness (QED) is 0.544. The van der Waals surface area contributed by atoms with Gasteiger partial charge in [0.15, 0.2) is 5.92 Å². The fourth-order valence-electron chi connectivity index (χ4n) is 2.30. The Bertz CT molecular complexity index is 307. The van der Waals surface area contributed by atoms with Crippen LogP contribution in [-0.4, -0.2) is 31.9 Å². The van der Waals surface area contributed by atoms with Crippen molar-refractivity contribution in [2.45, 2.75) is 26.2 Å². The molecule has 17 heavy (non-hydrogen) atoms. The third-order valence-corrected chi connectivity index (χ3v) is 3.32. The molecule has 0 N–H and O–H groups in total. The number of methoxy groups -OCH3 is 2. The molecule has 0 aliphatic heterocycles. The average Bonchev–Trinajstić information content (AvgIpc) is 2.34. The number of esters is 2. The minimum atomic E-state index is -1.11. The number of ketones is 1. The molecule has 1 fully saturated rings. The Kier molecular flexibility index (Phi) is 4.66. The number of rotatable bonds is 3. The van der Waals surface area contributed by atoms with Gasteiger partial charge in [-0.2, -0.15) is 0 Å². The Morgan fingerprint density at radius 3 is 2.18 bits per heavy atom. The highest BCUT2D eigenvalue weighted by molar-refractivity contribution is 6.01. The highest BCUT2D eigenvalue weighted by Gasteiger charge is 2.43. The lowest BCUT2D eigenvalue weighted by Gasteiger charge is -2.28. The van der Waals surface area contributed by atoms with E-state index in [4.69, 9.17) is 0 Å². The van der Waals surface area contributed by atoms with Crippen molar-refractivity contribution in [2.75, 3.05) is 14.2 Å². The van der Waals surface area contributed by atoms with Gasteiger partial charge in [-0.3, -0.25) is 14.4 Å². The summed E-state index contributed by atoms with van der Waals surface area (Å²) in [6.45, 7) is 1.82. The molecule has 96 valence electrons. The van der Waals surface area contributed by atoms with Crippen molar-refractivity contribution in [3.63, 3.8) is 0 Å². The Morgan fingerprint density at radius 1 is 1.18 bits per heavy atom. The van der Waals surface area contributed by atoms with E-state index in [9.17, 15) is 14.4 Å². The normalized spacial score (nSPS) is 24.6. The van der Waals surface area contributed by atoms with Gasteiger partial charge in [-0.1, -0.05) is 13.3 Å². The van der Waals surface area contributed by atoms with E-state index in [1.807, 2.05) is 6.92 Å². The minimum absolute atomic E-state index is 0.0444. The Balaban J connectivity index is 2.93. The Morgan fingerprint density at radius 2 is 1.71 bits per heavy atom. The van der Waals surface area contributed by atoms with Crippen LogP contribution in [0.2, 0.25) is 0 Å². The van der Waals surface area contributed by atoms with Gasteiger partial charge < -0.3 is 9.47 Å². The molecule has 1 aliphatic rings. The lowest BCUT2D eigenvalue weighted by atomic mass is 9.74. The number of carbonyl (C=O) groups is 3. The molecule has 5 nitrogen and oxygen atoms in total. The Hall–Kier alpha value is -1.39. The maximum absolute atomic E-state index is 12.0. The van der Waals surface area contributed by atoms with Crippen LogP contribution in [0.15, 0.2) is 0 Å². The summed E-state index contributed by atoms with van der Waals surface area (Å²) in [7, 11) is 2.41. The van der Waals surface area contributed by atoms with E-state index in [0.29, 0.717) is 6.42 Å². The molecule has 0 radical (unpaired) electrons. The highest BCUT2D eigenvalue weighted by atomic mass is 16.5. The predicted octanol–water partition coefficient (Wildman–Crippen LogP) is 0.954. The lowest BCUT2D eigenvalue weighted by molar-refractivity contribution is -0.165. The van der Waals surface area contributed by atoms with E-state index in [1.54, 1.807) is 0 Å². The third-order valence-electron chi connectivity index (χ3n) is 3.32. The molecule has 0 spiro atoms. The molecule has 0 aromatic rings. The van der Waals surface area contributed by atoms with Crippen molar-refractivity contribution in [3.8, 4) is 0 Å². The van der Waals surface area contributed by atoms with E-state index in [0.717, 1.165) is 12.8 Å². The van der Waals surface area contributed by atoms with E-state index in [2.05, 4.69) is 9.47 Å². The second-order valence-electron chi connectivity index (χ2n) is 4.36. The van der Waals surface area contributed by atoms with Gasteiger partial charge in [0.05, 0.1) is 14.2 Å². The second kappa shape index (κ2) is 5.80. The summed E-state index contributed by atoms with van der Waals surface area (Å²) in [6.07, 6.45) is 2.19. The molecule has 0 amide bonds. The molecule has 0 heterocycles. The standard InChI is InChI=1S/C12H18O5/c1-7-5-4-6-8(10(7)13)9(11(14)16-2)12(15)17-3/h7-9H,4-6H2,1-3H3. The van der Waals surface area contributed by atoms with Gasteiger partial charge in [0.25, 0.3) is 0 Å². The summed E-state index contributed by atoms with van der Waals surface area (Å²) >= 11 is 0. The zero-order valence-electron chi connectivity index (χ0n) is 10.4. The first-order valence-electron chi connectivity index (χ1n) is 5.72. The molecule has 0 aromatic heterocycles. The van der Waals surface area contributed by atoms with Crippen LogP contribution in [0.3, 0.4) is 0 Å². The van der Waals surface area contributed by atoms with Crippen molar-refractivity contribution in [1.29, 1.82) is 0 Å². The molecule has 1 aliphatic carbocycles. The monoisotopic (exact) mass is 242 g/mol. The third kappa shape index (κ3) is 2.84. The molecular formula is C12H18O5. The van der Waals surface area contributed by atoms with Gasteiger partial charge in [-0.05, 0) is 12.8 Å². The van der Waals surface area contributed by atoms with Crippen molar-refractivity contribution in [1.82, 2.24) is 0 Å². The molecular weight excluding hydrogens is 224 g/mol. The fraction of sp³-hybridized carbons (Fsp3) is 0.750. The largest absolute Gasteiger partial charge is 0.468 e. The maximum Gasteiger partial charge on any atom is 0.320 e. The summed E-state index contributed by atoms with van der Waals surface area (Å²) in [4.78, 5) is 35.2. The lowest BCUT2D eigenvalue weighted by Crippen LogP contribution is -2.41. The first-order valence-corrected chi connectivity index (χ1v) is 5.72. The van der Waals surface area contributed by atoms with Crippen LogP contribution >= 0.6 is 0 Å². The summed E-state index contributed by atoms with van der Waals surface area (Å²) in [5.74, 6) is -3.24. The zero-order chi connectivity index (χ0) is 13.0. The van der Waals surface area contributed by atoms with Crippen LogP contribution < -0.4 is 0 Å². The number of carbonyl (C=O) groups excluding carboxylic acids is 3. The maximum atomic E-state index is 12.0. The van der Waals surface area contributed by atoms with Gasteiger partial charge >= 0.3 is 11.9 Å². The molecule has 5 heteroatoms. The molecule has 2 unspecified atom stereocenters. The second-order valence-corrected chi connectivity index (χ2v) is 4.36. The highest BCUT2D eigenvalue weighted by Crippen LogP contribution is 2.32. The van der Waals surface area contributed by atoms with Crippen molar-refractivity contribution in [3.05, 3.63) is 0 Å². The molecule has 0 aromatic carbocycles. The van der Waals surface area contributed by atoms with Gasteiger partial charge in [-0.25, -0.2) is 0 Å². The van der Waals surface area contributed by atoms with Crippen LogP contribution in [0.25, 0.3) is 0 Å². The summed E-state index contributed by atoms with van der Waals surface area (Å²) in [5, 5.41) is 0. The number of ether oxygens (including phenoxy) is 2. The predicted molar refractivity (Wildman–Crippen MR) is 59.0 cm³/mol. The fourth-order valence-corrected chi connectivity index (χ4v) is 2.30. The molecule has 1 rings (SSSR count). The van der Waals surface area contributed by atoms with E-state index in [-0.39, 0.29) is 11.7 Å². The summed E-state index contributed by atoms with van der Waals surface area (Å²) in [6, 6.07) is 0. The van der Waals surface area contributed by atoms with E-state index < -0.39 is 23.8 Å².